The maximum Gasteiger partial charge on any atom is 0.374 e. The number of ether oxygens (including phenoxy) is 2. The fraction of sp³-hybridized carbons (Fsp3) is 0.235. The molecular weight excluding hydrogens is 328 g/mol. The van der Waals surface area contributed by atoms with Crippen molar-refractivity contribution >= 4 is 17.4 Å². The van der Waals surface area contributed by atoms with Crippen molar-refractivity contribution in [3.05, 3.63) is 63.8 Å². The van der Waals surface area contributed by atoms with Gasteiger partial charge in [-0.3, -0.25) is 14.9 Å². The second-order valence-corrected chi connectivity index (χ2v) is 5.00. The van der Waals surface area contributed by atoms with Crippen LogP contribution >= 0.6 is 0 Å². The van der Waals surface area contributed by atoms with Gasteiger partial charge in [-0.1, -0.05) is 30.3 Å². The highest BCUT2D eigenvalue weighted by molar-refractivity contribution is 6.34. The number of hydrogen-bond donors (Lipinski definition) is 0. The predicted octanol–water partition coefficient (Wildman–Crippen LogP) is 2.24. The third-order valence-corrected chi connectivity index (χ3v) is 3.22. The quantitative estimate of drug-likeness (QED) is 0.313. The summed E-state index contributed by atoms with van der Waals surface area (Å²) in [7, 11) is 0. The summed E-state index contributed by atoms with van der Waals surface area (Å²) in [6, 6.07) is 10.6. The van der Waals surface area contributed by atoms with Crippen molar-refractivity contribution in [3.8, 4) is 5.88 Å². The van der Waals surface area contributed by atoms with E-state index in [4.69, 9.17) is 4.74 Å². The largest absolute Gasteiger partial charge is 0.473 e. The molecule has 25 heavy (non-hydrogen) atoms. The van der Waals surface area contributed by atoms with Crippen LogP contribution in [0, 0.1) is 10.1 Å². The van der Waals surface area contributed by atoms with E-state index in [1.165, 1.54) is 6.07 Å². The summed E-state index contributed by atoms with van der Waals surface area (Å²) in [5.41, 5.74) is 0.581. The molecule has 0 unspecified atom stereocenters. The smallest absolute Gasteiger partial charge is 0.374 e. The summed E-state index contributed by atoms with van der Waals surface area (Å²) in [6.45, 7) is 1.83. The molecule has 130 valence electrons. The van der Waals surface area contributed by atoms with Gasteiger partial charge in [-0.15, -0.1) is 0 Å². The number of pyridine rings is 1. The third kappa shape index (κ3) is 5.10. The SMILES string of the molecule is CCOC(=O)C(=O)Cc1cc(OCc2ccccc2)ncc1[N+](=O)[O-]. The van der Waals surface area contributed by atoms with Gasteiger partial charge in [-0.2, -0.15) is 0 Å². The maximum absolute atomic E-state index is 11.8. The molecule has 0 amide bonds. The molecular formula is C17H16N2O6. The topological polar surface area (TPSA) is 109 Å². The van der Waals surface area contributed by atoms with Crippen molar-refractivity contribution in [2.45, 2.75) is 20.0 Å². The lowest BCUT2D eigenvalue weighted by molar-refractivity contribution is -0.385. The Morgan fingerprint density at radius 1 is 1.24 bits per heavy atom. The number of carbonyl (C=O) groups excluding carboxylic acids is 2. The molecule has 1 aromatic carbocycles. The Balaban J connectivity index is 2.16. The zero-order chi connectivity index (χ0) is 18.2. The minimum Gasteiger partial charge on any atom is -0.473 e. The Bertz CT molecular complexity index is 776. The molecule has 0 aliphatic rings. The van der Waals surface area contributed by atoms with Crippen LogP contribution in [0.2, 0.25) is 0 Å². The number of nitro groups is 1. The molecule has 0 bridgehead atoms. The molecule has 0 aliphatic heterocycles. The van der Waals surface area contributed by atoms with Gasteiger partial charge >= 0.3 is 5.97 Å². The van der Waals surface area contributed by atoms with Crippen LogP contribution in [0.1, 0.15) is 18.1 Å². The molecule has 0 N–H and O–H groups in total. The van der Waals surface area contributed by atoms with Gasteiger partial charge in [-0.05, 0) is 12.5 Å². The molecule has 1 aromatic heterocycles. The highest BCUT2D eigenvalue weighted by Crippen LogP contribution is 2.23. The molecule has 0 atom stereocenters. The molecule has 0 saturated heterocycles. The van der Waals surface area contributed by atoms with Crippen LogP contribution in [0.3, 0.4) is 0 Å². The lowest BCUT2D eigenvalue weighted by atomic mass is 10.1. The Morgan fingerprint density at radius 3 is 2.60 bits per heavy atom. The number of rotatable bonds is 8. The van der Waals surface area contributed by atoms with E-state index < -0.39 is 23.1 Å². The van der Waals surface area contributed by atoms with Gasteiger partial charge in [0.05, 0.1) is 18.0 Å². The van der Waals surface area contributed by atoms with E-state index in [0.29, 0.717) is 0 Å². The van der Waals surface area contributed by atoms with Gasteiger partial charge in [0.1, 0.15) is 12.8 Å². The maximum atomic E-state index is 11.8. The number of nitrogens with zero attached hydrogens (tertiary/aromatic N) is 2. The van der Waals surface area contributed by atoms with Crippen LogP contribution in [0.25, 0.3) is 0 Å². The molecule has 0 radical (unpaired) electrons. The van der Waals surface area contributed by atoms with E-state index in [9.17, 15) is 19.7 Å². The number of esters is 1. The van der Waals surface area contributed by atoms with Crippen LogP contribution < -0.4 is 4.74 Å². The first kappa shape index (κ1) is 18.1. The number of aromatic nitrogens is 1. The van der Waals surface area contributed by atoms with Crippen LogP contribution in [0.15, 0.2) is 42.6 Å². The van der Waals surface area contributed by atoms with Gasteiger partial charge in [0.25, 0.3) is 5.69 Å². The fourth-order valence-corrected chi connectivity index (χ4v) is 2.04. The summed E-state index contributed by atoms with van der Waals surface area (Å²) in [6.07, 6.45) is 0.549. The molecule has 2 rings (SSSR count). The predicted molar refractivity (Wildman–Crippen MR) is 87.0 cm³/mol. The molecule has 2 aromatic rings. The number of carbonyl (C=O) groups is 2. The lowest BCUT2D eigenvalue weighted by Crippen LogP contribution is -2.20. The lowest BCUT2D eigenvalue weighted by Gasteiger charge is -2.08. The second kappa shape index (κ2) is 8.53. The van der Waals surface area contributed by atoms with Crippen molar-refractivity contribution in [2.24, 2.45) is 0 Å². The van der Waals surface area contributed by atoms with Crippen molar-refractivity contribution in [2.75, 3.05) is 6.61 Å². The average Bonchev–Trinajstić information content (AvgIpc) is 2.61. The molecule has 1 heterocycles. The van der Waals surface area contributed by atoms with E-state index in [0.717, 1.165) is 11.8 Å². The summed E-state index contributed by atoms with van der Waals surface area (Å²) in [4.78, 5) is 37.5. The summed E-state index contributed by atoms with van der Waals surface area (Å²) >= 11 is 0. The van der Waals surface area contributed by atoms with Crippen LogP contribution in [0.4, 0.5) is 5.69 Å². The monoisotopic (exact) mass is 344 g/mol. The molecule has 8 nitrogen and oxygen atoms in total. The van der Waals surface area contributed by atoms with Crippen molar-refractivity contribution in [1.29, 1.82) is 0 Å². The van der Waals surface area contributed by atoms with Gasteiger partial charge in [-0.25, -0.2) is 9.78 Å². The van der Waals surface area contributed by atoms with E-state index in [1.54, 1.807) is 6.92 Å². The Kier molecular flexibility index (Phi) is 6.16. The van der Waals surface area contributed by atoms with E-state index in [2.05, 4.69) is 9.72 Å². The van der Waals surface area contributed by atoms with Crippen molar-refractivity contribution in [3.63, 3.8) is 0 Å². The number of ketones is 1. The molecule has 8 heteroatoms. The van der Waals surface area contributed by atoms with Crippen molar-refractivity contribution < 1.29 is 24.0 Å². The zero-order valence-corrected chi connectivity index (χ0v) is 13.5. The van der Waals surface area contributed by atoms with Crippen molar-refractivity contribution in [1.82, 2.24) is 4.98 Å². The Labute approximate surface area is 143 Å². The van der Waals surface area contributed by atoms with Crippen LogP contribution in [0.5, 0.6) is 5.88 Å². The van der Waals surface area contributed by atoms with E-state index in [1.807, 2.05) is 30.3 Å². The highest BCUT2D eigenvalue weighted by Gasteiger charge is 2.23. The Hall–Kier alpha value is -3.29. The number of Topliss-reactive ketones (excluding diaryl/α,β-unsaturated/α-hetero) is 1. The number of hydrogen-bond acceptors (Lipinski definition) is 7. The Morgan fingerprint density at radius 2 is 1.96 bits per heavy atom. The summed E-state index contributed by atoms with van der Waals surface area (Å²) < 4.78 is 10.1. The van der Waals surface area contributed by atoms with E-state index in [-0.39, 0.29) is 30.3 Å². The minimum atomic E-state index is -1.03. The molecule has 0 spiro atoms. The van der Waals surface area contributed by atoms with Gasteiger partial charge in [0.2, 0.25) is 11.7 Å². The third-order valence-electron chi connectivity index (χ3n) is 3.22. The molecule has 0 aliphatic carbocycles. The fourth-order valence-electron chi connectivity index (χ4n) is 2.04. The molecule has 0 saturated carbocycles. The van der Waals surface area contributed by atoms with E-state index >= 15 is 0 Å². The van der Waals surface area contributed by atoms with Crippen LogP contribution in [-0.4, -0.2) is 28.3 Å². The first-order chi connectivity index (χ1) is 12.0. The van der Waals surface area contributed by atoms with Gasteiger partial charge in [0.15, 0.2) is 0 Å². The van der Waals surface area contributed by atoms with Gasteiger partial charge in [0, 0.05) is 11.6 Å². The second-order valence-electron chi connectivity index (χ2n) is 5.00. The highest BCUT2D eigenvalue weighted by atomic mass is 16.6. The van der Waals surface area contributed by atoms with Crippen LogP contribution in [-0.2, 0) is 27.4 Å². The zero-order valence-electron chi connectivity index (χ0n) is 13.5. The number of benzene rings is 1. The normalized spacial score (nSPS) is 10.1. The first-order valence-corrected chi connectivity index (χ1v) is 7.51. The average molecular weight is 344 g/mol. The standard InChI is InChI=1S/C17H16N2O6/c1-2-24-17(21)15(20)8-13-9-16(18-10-14(13)19(22)23)25-11-12-6-4-3-5-7-12/h3-7,9-10H,2,8,11H2,1H3. The summed E-state index contributed by atoms with van der Waals surface area (Å²) in [5.74, 6) is -1.77. The first-order valence-electron chi connectivity index (χ1n) is 7.51. The summed E-state index contributed by atoms with van der Waals surface area (Å²) in [5, 5.41) is 11.1. The molecule has 0 fully saturated rings. The minimum absolute atomic E-state index is 0.0427. The van der Waals surface area contributed by atoms with Gasteiger partial charge < -0.3 is 9.47 Å².